The van der Waals surface area contributed by atoms with Gasteiger partial charge in [-0.15, -0.1) is 0 Å². The Morgan fingerprint density at radius 3 is 2.50 bits per heavy atom. The molecule has 0 saturated carbocycles. The van der Waals surface area contributed by atoms with Gasteiger partial charge in [0.05, 0.1) is 0 Å². The predicted molar refractivity (Wildman–Crippen MR) is 95.5 cm³/mol. The molecule has 0 aromatic heterocycles. The third kappa shape index (κ3) is 3.03. The average Bonchev–Trinajstić information content (AvgIpc) is 2.59. The van der Waals surface area contributed by atoms with E-state index in [9.17, 15) is 13.2 Å². The molecule has 0 spiro atoms. The Kier molecular flexibility index (Phi) is 4.60. The first-order valence-corrected chi connectivity index (χ1v) is 9.98. The highest BCUT2D eigenvalue weighted by Gasteiger charge is 2.48. The Bertz CT molecular complexity index is 850. The third-order valence-corrected chi connectivity index (χ3v) is 6.87. The molecule has 0 radical (unpaired) electrons. The summed E-state index contributed by atoms with van der Waals surface area (Å²) < 4.78 is 23.3. The van der Waals surface area contributed by atoms with Crippen molar-refractivity contribution in [3.8, 4) is 0 Å². The zero-order valence-electron chi connectivity index (χ0n) is 13.7. The van der Waals surface area contributed by atoms with Crippen molar-refractivity contribution in [1.82, 2.24) is 10.6 Å². The Labute approximate surface area is 142 Å². The second kappa shape index (κ2) is 6.53. The molecule has 1 fully saturated rings. The molecule has 0 aliphatic carbocycles. The maximum absolute atomic E-state index is 12.8. The van der Waals surface area contributed by atoms with Crippen LogP contribution >= 0.6 is 0 Å². The maximum Gasteiger partial charge on any atom is 0.241 e. The molecule has 0 bridgehead atoms. The minimum absolute atomic E-state index is 0.313. The number of carbonyl (C=O) groups excluding carboxylic acids is 1. The topological polar surface area (TPSA) is 75.3 Å². The van der Waals surface area contributed by atoms with E-state index in [1.807, 2.05) is 42.5 Å². The lowest BCUT2D eigenvalue weighted by Gasteiger charge is -2.34. The predicted octanol–water partition coefficient (Wildman–Crippen LogP) is 1.62. The number of rotatable bonds is 4. The normalized spacial score (nSPS) is 17.5. The minimum atomic E-state index is -3.49. The van der Waals surface area contributed by atoms with Crippen molar-refractivity contribution in [1.29, 1.82) is 0 Å². The number of amides is 1. The molecule has 2 N–H and O–H groups in total. The highest BCUT2D eigenvalue weighted by molar-refractivity contribution is 7.92. The highest BCUT2D eigenvalue weighted by atomic mass is 32.2. The first-order chi connectivity index (χ1) is 11.4. The molecule has 1 aliphatic heterocycles. The summed E-state index contributed by atoms with van der Waals surface area (Å²) in [5.74, 6) is -0.389. The SMILES string of the molecule is CS(=O)(=O)C1(C(=O)NCc2cccc3ccccc23)CCNCC1. The molecule has 3 rings (SSSR count). The Balaban J connectivity index is 1.83. The van der Waals surface area contributed by atoms with Crippen molar-refractivity contribution in [3.63, 3.8) is 0 Å². The number of carbonyl (C=O) groups is 1. The van der Waals surface area contributed by atoms with Crippen LogP contribution in [0.25, 0.3) is 10.8 Å². The summed E-state index contributed by atoms with van der Waals surface area (Å²) in [5, 5.41) is 8.15. The molecule has 1 amide bonds. The van der Waals surface area contributed by atoms with E-state index in [1.165, 1.54) is 0 Å². The number of nitrogens with one attached hydrogen (secondary N) is 2. The maximum atomic E-state index is 12.8. The van der Waals surface area contributed by atoms with Crippen molar-refractivity contribution in [2.24, 2.45) is 0 Å². The second-order valence-electron chi connectivity index (χ2n) is 6.34. The van der Waals surface area contributed by atoms with Crippen LogP contribution in [-0.4, -0.2) is 38.4 Å². The van der Waals surface area contributed by atoms with Crippen molar-refractivity contribution in [3.05, 3.63) is 48.0 Å². The lowest BCUT2D eigenvalue weighted by Crippen LogP contribution is -2.57. The first-order valence-electron chi connectivity index (χ1n) is 8.09. The van der Waals surface area contributed by atoms with Crippen LogP contribution in [0.1, 0.15) is 18.4 Å². The van der Waals surface area contributed by atoms with Gasteiger partial charge in [-0.05, 0) is 42.3 Å². The molecule has 128 valence electrons. The zero-order valence-corrected chi connectivity index (χ0v) is 14.5. The van der Waals surface area contributed by atoms with Crippen LogP contribution in [0.5, 0.6) is 0 Å². The minimum Gasteiger partial charge on any atom is -0.351 e. The standard InChI is InChI=1S/C18H22N2O3S/c1-24(22,23)18(9-11-19-12-10-18)17(21)20-13-15-7-4-6-14-5-2-3-8-16(14)15/h2-8,19H,9-13H2,1H3,(H,20,21). The van der Waals surface area contributed by atoms with Gasteiger partial charge in [-0.2, -0.15) is 0 Å². The van der Waals surface area contributed by atoms with Crippen molar-refractivity contribution in [2.75, 3.05) is 19.3 Å². The fourth-order valence-corrected chi connectivity index (χ4v) is 4.73. The van der Waals surface area contributed by atoms with Gasteiger partial charge in [0.15, 0.2) is 14.6 Å². The van der Waals surface area contributed by atoms with Crippen molar-refractivity contribution < 1.29 is 13.2 Å². The smallest absolute Gasteiger partial charge is 0.241 e. The number of sulfone groups is 1. The van der Waals surface area contributed by atoms with Crippen LogP contribution in [0.3, 0.4) is 0 Å². The molecule has 2 aromatic carbocycles. The number of fused-ring (bicyclic) bond motifs is 1. The Hall–Kier alpha value is -1.92. The van der Waals surface area contributed by atoms with Gasteiger partial charge >= 0.3 is 0 Å². The van der Waals surface area contributed by atoms with Crippen molar-refractivity contribution in [2.45, 2.75) is 24.1 Å². The summed E-state index contributed by atoms with van der Waals surface area (Å²) >= 11 is 0. The van der Waals surface area contributed by atoms with Crippen LogP contribution in [0.2, 0.25) is 0 Å². The third-order valence-electron chi connectivity index (χ3n) is 4.85. The monoisotopic (exact) mass is 346 g/mol. The molecule has 6 heteroatoms. The van der Waals surface area contributed by atoms with E-state index >= 15 is 0 Å². The molecule has 5 nitrogen and oxygen atoms in total. The number of benzene rings is 2. The van der Waals surface area contributed by atoms with E-state index in [4.69, 9.17) is 0 Å². The molecule has 1 aliphatic rings. The summed E-state index contributed by atoms with van der Waals surface area (Å²) in [6.07, 6.45) is 1.79. The fraction of sp³-hybridized carbons (Fsp3) is 0.389. The van der Waals surface area contributed by atoms with Gasteiger partial charge in [-0.1, -0.05) is 42.5 Å². The van der Waals surface area contributed by atoms with Gasteiger partial charge < -0.3 is 10.6 Å². The van der Waals surface area contributed by atoms with Crippen LogP contribution in [0.15, 0.2) is 42.5 Å². The second-order valence-corrected chi connectivity index (χ2v) is 8.66. The lowest BCUT2D eigenvalue weighted by molar-refractivity contribution is -0.124. The van der Waals surface area contributed by atoms with E-state index in [0.717, 1.165) is 22.6 Å². The molecular formula is C18H22N2O3S. The Morgan fingerprint density at radius 1 is 1.12 bits per heavy atom. The van der Waals surface area contributed by atoms with Gasteiger partial charge in [-0.25, -0.2) is 8.42 Å². The number of piperidine rings is 1. The molecule has 0 unspecified atom stereocenters. The summed E-state index contributed by atoms with van der Waals surface area (Å²) in [6, 6.07) is 13.9. The molecule has 24 heavy (non-hydrogen) atoms. The van der Waals surface area contributed by atoms with Gasteiger partial charge in [0.25, 0.3) is 0 Å². The Morgan fingerprint density at radius 2 is 1.79 bits per heavy atom. The average molecular weight is 346 g/mol. The summed E-state index contributed by atoms with van der Waals surface area (Å²) in [5.41, 5.74) is 0.985. The van der Waals surface area contributed by atoms with E-state index in [2.05, 4.69) is 10.6 Å². The summed E-state index contributed by atoms with van der Waals surface area (Å²) in [4.78, 5) is 12.8. The first kappa shape index (κ1) is 16.9. The number of hydrogen-bond donors (Lipinski definition) is 2. The van der Waals surface area contributed by atoms with Crippen LogP contribution in [-0.2, 0) is 21.2 Å². The van der Waals surface area contributed by atoms with E-state index in [1.54, 1.807) is 0 Å². The molecule has 0 atom stereocenters. The summed E-state index contributed by atoms with van der Waals surface area (Å²) in [6.45, 7) is 1.40. The summed E-state index contributed by atoms with van der Waals surface area (Å²) in [7, 11) is -3.49. The zero-order chi connectivity index (χ0) is 17.2. The van der Waals surface area contributed by atoms with Crippen LogP contribution in [0.4, 0.5) is 0 Å². The van der Waals surface area contributed by atoms with Crippen molar-refractivity contribution >= 4 is 26.5 Å². The molecular weight excluding hydrogens is 324 g/mol. The van der Waals surface area contributed by atoms with Crippen LogP contribution in [0, 0.1) is 0 Å². The van der Waals surface area contributed by atoms with E-state index in [-0.39, 0.29) is 5.91 Å². The van der Waals surface area contributed by atoms with E-state index < -0.39 is 14.6 Å². The molecule has 2 aromatic rings. The van der Waals surface area contributed by atoms with Gasteiger partial charge in [0.1, 0.15) is 0 Å². The van der Waals surface area contributed by atoms with Gasteiger partial charge in [0.2, 0.25) is 5.91 Å². The van der Waals surface area contributed by atoms with Gasteiger partial charge in [-0.3, -0.25) is 4.79 Å². The highest BCUT2D eigenvalue weighted by Crippen LogP contribution is 2.28. The number of hydrogen-bond acceptors (Lipinski definition) is 4. The van der Waals surface area contributed by atoms with E-state index in [0.29, 0.717) is 32.5 Å². The quantitative estimate of drug-likeness (QED) is 0.882. The van der Waals surface area contributed by atoms with Gasteiger partial charge in [0, 0.05) is 12.8 Å². The lowest BCUT2D eigenvalue weighted by atomic mass is 9.95. The molecule has 1 saturated heterocycles. The molecule has 1 heterocycles. The fourth-order valence-electron chi connectivity index (χ4n) is 3.38. The largest absolute Gasteiger partial charge is 0.351 e. The van der Waals surface area contributed by atoms with Crippen LogP contribution < -0.4 is 10.6 Å².